The Balaban J connectivity index is 2.23. The SMILES string of the molecule is CC(Oc1ccc(Cl)cc1)C(=O)/C(N=O)=C(\O)c1ccc(Cl)cc1. The molecule has 1 unspecified atom stereocenters. The van der Waals surface area contributed by atoms with Crippen molar-refractivity contribution in [2.24, 2.45) is 5.18 Å². The van der Waals surface area contributed by atoms with Gasteiger partial charge in [-0.3, -0.25) is 4.79 Å². The summed E-state index contributed by atoms with van der Waals surface area (Å²) in [7, 11) is 0. The number of nitroso groups, excluding NO2 is 1. The first kappa shape index (κ1) is 18.0. The van der Waals surface area contributed by atoms with Gasteiger partial charge in [-0.05, 0) is 60.6 Å². The molecule has 0 aliphatic heterocycles. The Labute approximate surface area is 148 Å². The number of carbonyl (C=O) groups excluding carboxylic acids is 1. The average molecular weight is 366 g/mol. The zero-order valence-electron chi connectivity index (χ0n) is 12.6. The Bertz CT molecular complexity index is 770. The van der Waals surface area contributed by atoms with Gasteiger partial charge in [-0.2, -0.15) is 0 Å². The van der Waals surface area contributed by atoms with E-state index in [1.165, 1.54) is 31.2 Å². The Morgan fingerprint density at radius 1 is 1.04 bits per heavy atom. The summed E-state index contributed by atoms with van der Waals surface area (Å²) in [5.74, 6) is -0.873. The summed E-state index contributed by atoms with van der Waals surface area (Å²) in [6.07, 6.45) is -1.02. The molecule has 0 heterocycles. The van der Waals surface area contributed by atoms with Gasteiger partial charge >= 0.3 is 0 Å². The molecule has 124 valence electrons. The molecule has 0 aliphatic rings. The maximum atomic E-state index is 12.3. The zero-order valence-corrected chi connectivity index (χ0v) is 14.1. The number of ketones is 1. The Morgan fingerprint density at radius 3 is 2.04 bits per heavy atom. The molecule has 1 N–H and O–H groups in total. The first-order chi connectivity index (χ1) is 11.4. The molecule has 0 aliphatic carbocycles. The Morgan fingerprint density at radius 2 is 1.54 bits per heavy atom. The van der Waals surface area contributed by atoms with Gasteiger partial charge < -0.3 is 9.84 Å². The van der Waals surface area contributed by atoms with Gasteiger partial charge in [0.25, 0.3) is 0 Å². The Hall–Kier alpha value is -2.37. The van der Waals surface area contributed by atoms with Gasteiger partial charge in [0, 0.05) is 15.6 Å². The summed E-state index contributed by atoms with van der Waals surface area (Å²) < 4.78 is 5.45. The number of nitrogens with zero attached hydrogens (tertiary/aromatic N) is 1. The summed E-state index contributed by atoms with van der Waals surface area (Å²) in [5, 5.41) is 13.8. The van der Waals surface area contributed by atoms with Gasteiger partial charge in [-0.1, -0.05) is 23.2 Å². The van der Waals surface area contributed by atoms with E-state index >= 15 is 0 Å². The van der Waals surface area contributed by atoms with Crippen molar-refractivity contribution >= 4 is 34.7 Å². The molecule has 2 aromatic carbocycles. The van der Waals surface area contributed by atoms with E-state index in [-0.39, 0.29) is 5.56 Å². The minimum absolute atomic E-state index is 0.251. The number of hydrogen-bond donors (Lipinski definition) is 1. The maximum absolute atomic E-state index is 12.3. The van der Waals surface area contributed by atoms with Crippen molar-refractivity contribution < 1.29 is 14.6 Å². The van der Waals surface area contributed by atoms with E-state index in [0.717, 1.165) is 0 Å². The smallest absolute Gasteiger partial charge is 0.228 e. The fourth-order valence-electron chi connectivity index (χ4n) is 1.91. The van der Waals surface area contributed by atoms with Crippen molar-refractivity contribution in [1.82, 2.24) is 0 Å². The molecule has 1 atom stereocenters. The molecule has 0 aromatic heterocycles. The van der Waals surface area contributed by atoms with Crippen molar-refractivity contribution in [1.29, 1.82) is 0 Å². The predicted molar refractivity (Wildman–Crippen MR) is 93.3 cm³/mol. The summed E-state index contributed by atoms with van der Waals surface area (Å²) in [4.78, 5) is 23.4. The van der Waals surface area contributed by atoms with Crippen LogP contribution in [0.5, 0.6) is 5.75 Å². The molecule has 2 rings (SSSR count). The third-order valence-electron chi connectivity index (χ3n) is 3.16. The number of carbonyl (C=O) groups is 1. The molecule has 7 heteroatoms. The van der Waals surface area contributed by atoms with Crippen LogP contribution < -0.4 is 4.74 Å². The van der Waals surface area contributed by atoms with Crippen molar-refractivity contribution in [2.45, 2.75) is 13.0 Å². The molecule has 0 spiro atoms. The van der Waals surface area contributed by atoms with Crippen molar-refractivity contribution in [3.05, 3.63) is 74.7 Å². The van der Waals surface area contributed by atoms with Crippen LogP contribution in [0.3, 0.4) is 0 Å². The van der Waals surface area contributed by atoms with Crippen molar-refractivity contribution in [3.8, 4) is 5.75 Å². The van der Waals surface area contributed by atoms with Gasteiger partial charge in [-0.25, -0.2) is 0 Å². The highest BCUT2D eigenvalue weighted by atomic mass is 35.5. The van der Waals surface area contributed by atoms with Gasteiger partial charge in [-0.15, -0.1) is 4.91 Å². The second-order valence-electron chi connectivity index (χ2n) is 4.87. The normalized spacial score (nSPS) is 13.0. The van der Waals surface area contributed by atoms with Gasteiger partial charge in [0.2, 0.25) is 5.78 Å². The average Bonchev–Trinajstić information content (AvgIpc) is 2.58. The summed E-state index contributed by atoms with van der Waals surface area (Å²) in [5.41, 5.74) is -0.361. The molecule has 0 bridgehead atoms. The van der Waals surface area contributed by atoms with E-state index in [0.29, 0.717) is 15.8 Å². The van der Waals surface area contributed by atoms with Crippen LogP contribution in [0.1, 0.15) is 12.5 Å². The monoisotopic (exact) mass is 365 g/mol. The highest BCUT2D eigenvalue weighted by molar-refractivity contribution is 6.30. The number of benzene rings is 2. The van der Waals surface area contributed by atoms with Crippen LogP contribution >= 0.6 is 23.2 Å². The van der Waals surface area contributed by atoms with Crippen LogP contribution in [-0.2, 0) is 4.79 Å². The summed E-state index contributed by atoms with van der Waals surface area (Å²) in [6, 6.07) is 12.4. The minimum Gasteiger partial charge on any atom is -0.505 e. The fraction of sp³-hybridized carbons (Fsp3) is 0.118. The quantitative estimate of drug-likeness (QED) is 0.442. The van der Waals surface area contributed by atoms with E-state index < -0.39 is 23.3 Å². The maximum Gasteiger partial charge on any atom is 0.228 e. The predicted octanol–water partition coefficient (Wildman–Crippen LogP) is 5.02. The molecule has 0 fully saturated rings. The van der Waals surface area contributed by atoms with Crippen molar-refractivity contribution in [2.75, 3.05) is 0 Å². The van der Waals surface area contributed by atoms with Crippen LogP contribution in [0.4, 0.5) is 0 Å². The molecule has 0 amide bonds. The first-order valence-corrected chi connectivity index (χ1v) is 7.67. The topological polar surface area (TPSA) is 76.0 Å². The van der Waals surface area contributed by atoms with Gasteiger partial charge in [0.05, 0.1) is 0 Å². The third kappa shape index (κ3) is 4.34. The Kier molecular flexibility index (Phi) is 5.95. The molecule has 0 saturated carbocycles. The molecule has 24 heavy (non-hydrogen) atoms. The van der Waals surface area contributed by atoms with E-state index in [1.54, 1.807) is 24.3 Å². The molecular weight excluding hydrogens is 353 g/mol. The lowest BCUT2D eigenvalue weighted by Crippen LogP contribution is -2.25. The van der Waals surface area contributed by atoms with Gasteiger partial charge in [0.15, 0.2) is 17.6 Å². The number of Topliss-reactive ketones (excluding diaryl/α,β-unsaturated/α-hetero) is 1. The summed E-state index contributed by atoms with van der Waals surface area (Å²) >= 11 is 11.5. The molecule has 0 saturated heterocycles. The lowest BCUT2D eigenvalue weighted by Gasteiger charge is -2.13. The lowest BCUT2D eigenvalue weighted by atomic mass is 10.1. The number of rotatable bonds is 6. The largest absolute Gasteiger partial charge is 0.505 e. The highest BCUT2D eigenvalue weighted by Gasteiger charge is 2.25. The third-order valence-corrected chi connectivity index (χ3v) is 3.67. The fourth-order valence-corrected chi connectivity index (χ4v) is 2.16. The number of hydrogen-bond acceptors (Lipinski definition) is 5. The minimum atomic E-state index is -1.02. The van der Waals surface area contributed by atoms with E-state index in [1.807, 2.05) is 0 Å². The zero-order chi connectivity index (χ0) is 17.7. The molecule has 0 radical (unpaired) electrons. The number of ether oxygens (including phenoxy) is 1. The number of aliphatic hydroxyl groups excluding tert-OH is 1. The van der Waals surface area contributed by atoms with Crippen LogP contribution in [0, 0.1) is 4.91 Å². The number of halogens is 2. The molecular formula is C17H13Cl2NO4. The second-order valence-corrected chi connectivity index (χ2v) is 5.75. The van der Waals surface area contributed by atoms with Crippen LogP contribution in [0.15, 0.2) is 59.4 Å². The number of aliphatic hydroxyl groups is 1. The standard InChI is InChI=1S/C17H13Cl2NO4/c1-10(24-14-8-6-13(19)7-9-14)16(21)15(20-23)17(22)11-2-4-12(18)5-3-11/h2-10,22H,1H3/b17-15+. The van der Waals surface area contributed by atoms with E-state index in [2.05, 4.69) is 5.18 Å². The first-order valence-electron chi connectivity index (χ1n) is 6.91. The van der Waals surface area contributed by atoms with Crippen LogP contribution in [0.2, 0.25) is 10.0 Å². The summed E-state index contributed by atoms with van der Waals surface area (Å²) in [6.45, 7) is 1.46. The van der Waals surface area contributed by atoms with E-state index in [9.17, 15) is 14.8 Å². The van der Waals surface area contributed by atoms with Crippen LogP contribution in [-0.4, -0.2) is 17.0 Å². The molecule has 5 nitrogen and oxygen atoms in total. The lowest BCUT2D eigenvalue weighted by molar-refractivity contribution is -0.121. The van der Waals surface area contributed by atoms with Crippen molar-refractivity contribution in [3.63, 3.8) is 0 Å². The second kappa shape index (κ2) is 7.95. The van der Waals surface area contributed by atoms with Gasteiger partial charge in [0.1, 0.15) is 5.75 Å². The van der Waals surface area contributed by atoms with Crippen LogP contribution in [0.25, 0.3) is 5.76 Å². The highest BCUT2D eigenvalue weighted by Crippen LogP contribution is 2.22. The molecule has 2 aromatic rings. The van der Waals surface area contributed by atoms with E-state index in [4.69, 9.17) is 27.9 Å².